The molecule has 7 nitrogen and oxygen atoms in total. The normalized spacial score (nSPS) is 12.8. The highest BCUT2D eigenvalue weighted by molar-refractivity contribution is 7.46. The number of carbonyl (C=O) groups excluding carboxylic acids is 1. The molecule has 0 bridgehead atoms. The predicted octanol–water partition coefficient (Wildman–Crippen LogP) is 5.19. The van der Waals surface area contributed by atoms with Crippen LogP contribution in [0.3, 0.4) is 0 Å². The molecule has 0 aliphatic carbocycles. The second kappa shape index (κ2) is 20.4. The maximum absolute atomic E-state index is 11.8. The fraction of sp³-hybridized carbons (Fsp3) is 0.955. The molecule has 180 valence electrons. The lowest BCUT2D eigenvalue weighted by atomic mass is 10.0. The number of hydrogen-bond acceptors (Lipinski definition) is 4. The van der Waals surface area contributed by atoms with Crippen molar-refractivity contribution in [2.75, 3.05) is 13.1 Å². The molecule has 1 amide bonds. The van der Waals surface area contributed by atoms with Gasteiger partial charge in [0.25, 0.3) is 0 Å². The lowest BCUT2D eigenvalue weighted by molar-refractivity contribution is -0.121. The van der Waals surface area contributed by atoms with E-state index in [0.29, 0.717) is 13.0 Å². The van der Waals surface area contributed by atoms with E-state index in [1.807, 2.05) is 0 Å². The summed E-state index contributed by atoms with van der Waals surface area (Å²) in [6, 6.07) is 0. The van der Waals surface area contributed by atoms with Gasteiger partial charge in [-0.3, -0.25) is 9.32 Å². The van der Waals surface area contributed by atoms with Crippen LogP contribution in [0.2, 0.25) is 0 Å². The molecular weight excluding hydrogens is 403 g/mol. The van der Waals surface area contributed by atoms with Crippen molar-refractivity contribution in [1.82, 2.24) is 5.32 Å². The molecule has 1 unspecified atom stereocenters. The number of phosphoric ester groups is 1. The van der Waals surface area contributed by atoms with E-state index in [0.717, 1.165) is 12.8 Å². The molecule has 8 heteroatoms. The Morgan fingerprint density at radius 1 is 0.867 bits per heavy atom. The first kappa shape index (κ1) is 29.5. The van der Waals surface area contributed by atoms with Crippen LogP contribution in [0.1, 0.15) is 116 Å². The van der Waals surface area contributed by atoms with Crippen LogP contribution >= 0.6 is 7.82 Å². The number of hydrogen-bond donors (Lipinski definition) is 4. The number of nitrogens with one attached hydrogen (secondary N) is 1. The number of unbranched alkanes of at least 4 members (excludes halogenated alkanes) is 14. The van der Waals surface area contributed by atoms with Crippen molar-refractivity contribution in [3.63, 3.8) is 0 Å². The van der Waals surface area contributed by atoms with Crippen LogP contribution in [0.5, 0.6) is 0 Å². The van der Waals surface area contributed by atoms with Crippen LogP contribution < -0.4 is 11.1 Å². The Morgan fingerprint density at radius 3 is 1.70 bits per heavy atom. The van der Waals surface area contributed by atoms with E-state index in [9.17, 15) is 9.36 Å². The van der Waals surface area contributed by atoms with E-state index in [-0.39, 0.29) is 18.9 Å². The molecule has 0 spiro atoms. The third kappa shape index (κ3) is 22.2. The van der Waals surface area contributed by atoms with Gasteiger partial charge in [0.15, 0.2) is 0 Å². The molecule has 5 N–H and O–H groups in total. The van der Waals surface area contributed by atoms with Crippen molar-refractivity contribution in [2.24, 2.45) is 5.73 Å². The van der Waals surface area contributed by atoms with E-state index in [1.54, 1.807) is 0 Å². The molecule has 30 heavy (non-hydrogen) atoms. The number of amides is 1. The van der Waals surface area contributed by atoms with Gasteiger partial charge >= 0.3 is 7.82 Å². The SMILES string of the molecule is CCCCCCCCCCCCCCCCCC(=O)NCCC(CN)OP(=O)(O)O. The Balaban J connectivity index is 3.36. The van der Waals surface area contributed by atoms with Crippen molar-refractivity contribution >= 4 is 13.7 Å². The molecule has 0 heterocycles. The van der Waals surface area contributed by atoms with Gasteiger partial charge < -0.3 is 20.8 Å². The molecule has 0 rings (SSSR count). The van der Waals surface area contributed by atoms with Crippen molar-refractivity contribution in [3.05, 3.63) is 0 Å². The molecule has 0 fully saturated rings. The molecular formula is C22H47N2O5P. The first-order valence-corrected chi connectivity index (χ1v) is 13.6. The van der Waals surface area contributed by atoms with Crippen LogP contribution in [-0.2, 0) is 13.9 Å². The zero-order valence-corrected chi connectivity index (χ0v) is 20.1. The van der Waals surface area contributed by atoms with Crippen LogP contribution in [0.4, 0.5) is 0 Å². The molecule has 0 radical (unpaired) electrons. The van der Waals surface area contributed by atoms with Gasteiger partial charge in [-0.2, -0.15) is 0 Å². The van der Waals surface area contributed by atoms with Gasteiger partial charge in [0.2, 0.25) is 5.91 Å². The van der Waals surface area contributed by atoms with Gasteiger partial charge in [0.05, 0.1) is 6.10 Å². The van der Waals surface area contributed by atoms with Gasteiger partial charge in [-0.15, -0.1) is 0 Å². The van der Waals surface area contributed by atoms with Crippen LogP contribution in [0.25, 0.3) is 0 Å². The summed E-state index contributed by atoms with van der Waals surface area (Å²) in [6.45, 7) is 2.56. The highest BCUT2D eigenvalue weighted by atomic mass is 31.2. The summed E-state index contributed by atoms with van der Waals surface area (Å²) in [6.07, 6.45) is 19.5. The van der Waals surface area contributed by atoms with E-state index >= 15 is 0 Å². The minimum atomic E-state index is -4.54. The summed E-state index contributed by atoms with van der Waals surface area (Å²) in [5.41, 5.74) is 5.41. The second-order valence-corrected chi connectivity index (χ2v) is 9.48. The van der Waals surface area contributed by atoms with E-state index in [2.05, 4.69) is 16.8 Å². The number of phosphoric acid groups is 1. The summed E-state index contributed by atoms with van der Waals surface area (Å²) in [4.78, 5) is 29.3. The standard InChI is InChI=1S/C22H47N2O5P/c1-2-3-4-5-6-7-8-9-10-11-12-13-14-15-16-17-22(25)24-19-18-21(20-23)29-30(26,27)28/h21H,2-20,23H2,1H3,(H,24,25)(H2,26,27,28). The topological polar surface area (TPSA) is 122 Å². The molecule has 0 aromatic carbocycles. The van der Waals surface area contributed by atoms with E-state index < -0.39 is 13.9 Å². The Kier molecular flexibility index (Phi) is 20.1. The molecule has 0 saturated carbocycles. The highest BCUT2D eigenvalue weighted by Gasteiger charge is 2.20. The maximum Gasteiger partial charge on any atom is 0.469 e. The van der Waals surface area contributed by atoms with E-state index in [1.165, 1.54) is 83.5 Å². The Hall–Kier alpha value is -0.460. The summed E-state index contributed by atoms with van der Waals surface area (Å²) < 4.78 is 15.3. The van der Waals surface area contributed by atoms with Crippen molar-refractivity contribution in [2.45, 2.75) is 122 Å². The summed E-state index contributed by atoms with van der Waals surface area (Å²) in [7, 11) is -4.54. The lowest BCUT2D eigenvalue weighted by Gasteiger charge is -2.16. The fourth-order valence-electron chi connectivity index (χ4n) is 3.53. The Bertz CT molecular complexity index is 445. The van der Waals surface area contributed by atoms with Crippen LogP contribution in [-0.4, -0.2) is 34.9 Å². The van der Waals surface area contributed by atoms with Crippen LogP contribution in [0, 0.1) is 0 Å². The average Bonchev–Trinajstić information content (AvgIpc) is 2.69. The van der Waals surface area contributed by atoms with Crippen molar-refractivity contribution < 1.29 is 23.7 Å². The zero-order chi connectivity index (χ0) is 22.5. The maximum atomic E-state index is 11.8. The predicted molar refractivity (Wildman–Crippen MR) is 123 cm³/mol. The van der Waals surface area contributed by atoms with Crippen molar-refractivity contribution in [3.8, 4) is 0 Å². The fourth-order valence-corrected chi connectivity index (χ4v) is 4.11. The molecule has 0 aromatic rings. The minimum absolute atomic E-state index is 0.0000275. The number of rotatable bonds is 22. The van der Waals surface area contributed by atoms with Crippen molar-refractivity contribution in [1.29, 1.82) is 0 Å². The lowest BCUT2D eigenvalue weighted by Crippen LogP contribution is -2.30. The highest BCUT2D eigenvalue weighted by Crippen LogP contribution is 2.37. The van der Waals surface area contributed by atoms with Gasteiger partial charge in [-0.25, -0.2) is 4.57 Å². The molecule has 0 saturated heterocycles. The average molecular weight is 451 g/mol. The second-order valence-electron chi connectivity index (χ2n) is 8.29. The van der Waals surface area contributed by atoms with E-state index in [4.69, 9.17) is 15.5 Å². The summed E-state index contributed by atoms with van der Waals surface area (Å²) in [5.74, 6) is -0.0309. The Labute approximate surface area is 184 Å². The van der Waals surface area contributed by atoms with Crippen LogP contribution in [0.15, 0.2) is 0 Å². The summed E-state index contributed by atoms with van der Waals surface area (Å²) >= 11 is 0. The Morgan fingerprint density at radius 2 is 1.30 bits per heavy atom. The third-order valence-corrected chi connectivity index (χ3v) is 5.92. The molecule has 1 atom stereocenters. The largest absolute Gasteiger partial charge is 0.469 e. The number of nitrogens with two attached hydrogens (primary N) is 1. The summed E-state index contributed by atoms with van der Waals surface area (Å²) in [5, 5.41) is 2.76. The van der Waals surface area contributed by atoms with Gasteiger partial charge in [0.1, 0.15) is 0 Å². The number of carbonyl (C=O) groups is 1. The smallest absolute Gasteiger partial charge is 0.356 e. The monoisotopic (exact) mass is 450 g/mol. The van der Waals surface area contributed by atoms with Gasteiger partial charge in [-0.1, -0.05) is 96.8 Å². The minimum Gasteiger partial charge on any atom is -0.356 e. The zero-order valence-electron chi connectivity index (χ0n) is 19.2. The first-order chi connectivity index (χ1) is 14.4. The van der Waals surface area contributed by atoms with Gasteiger partial charge in [-0.05, 0) is 12.8 Å². The van der Waals surface area contributed by atoms with Gasteiger partial charge in [0, 0.05) is 19.5 Å². The first-order valence-electron chi connectivity index (χ1n) is 12.1. The third-order valence-electron chi connectivity index (χ3n) is 5.35. The molecule has 0 aromatic heterocycles. The molecule has 0 aliphatic heterocycles. The quantitative estimate of drug-likeness (QED) is 0.133. The molecule has 0 aliphatic rings.